The Balaban J connectivity index is 0.000000227. The van der Waals surface area contributed by atoms with E-state index in [0.29, 0.717) is 24.0 Å². The van der Waals surface area contributed by atoms with Gasteiger partial charge < -0.3 is 19.8 Å². The summed E-state index contributed by atoms with van der Waals surface area (Å²) in [6.07, 6.45) is 14.0. The minimum atomic E-state index is -1.09. The molecule has 0 aliphatic heterocycles. The average molecular weight is 482 g/mol. The third-order valence-corrected chi connectivity index (χ3v) is 4.68. The number of carbonyl (C=O) groups is 4. The van der Waals surface area contributed by atoms with Crippen molar-refractivity contribution in [1.29, 1.82) is 0 Å². The summed E-state index contributed by atoms with van der Waals surface area (Å²) in [6, 6.07) is 12.4. The number of aromatic carboxylic acids is 2. The number of carboxylic acids is 2. The van der Waals surface area contributed by atoms with Crippen LogP contribution in [0, 0.1) is 12.2 Å². The van der Waals surface area contributed by atoms with Crippen LogP contribution in [0.25, 0.3) is 0 Å². The number of hydrogen-bond donors (Lipinski definition) is 2. The minimum absolute atomic E-state index is 0. The summed E-state index contributed by atoms with van der Waals surface area (Å²) in [6.45, 7) is 0. The summed E-state index contributed by atoms with van der Waals surface area (Å²) in [5.41, 5.74) is 1.36. The number of rotatable bonds is 6. The van der Waals surface area contributed by atoms with Gasteiger partial charge in [0.15, 0.2) is 0 Å². The van der Waals surface area contributed by atoms with Gasteiger partial charge in [0.25, 0.3) is 0 Å². The van der Waals surface area contributed by atoms with Crippen molar-refractivity contribution < 1.29 is 46.5 Å². The Labute approximate surface area is 201 Å². The number of Topliss-reactive ketones (excluding diaryl/α,β-unsaturated/α-hetero) is 2. The summed E-state index contributed by atoms with van der Waals surface area (Å²) in [5, 5.41) is 17.9. The Morgan fingerprint density at radius 1 is 0.606 bits per heavy atom. The van der Waals surface area contributed by atoms with Crippen LogP contribution >= 0.6 is 0 Å². The molecule has 0 atom stereocenters. The Hall–Kier alpha value is -3.80. The number of allylic oxidation sites excluding steroid dienone is 8. The molecule has 2 aliphatic rings. The van der Waals surface area contributed by atoms with Gasteiger partial charge in [0, 0.05) is 0 Å². The quantitative estimate of drug-likeness (QED) is 0.356. The zero-order valence-corrected chi connectivity index (χ0v) is 18.3. The molecule has 166 valence electrons. The van der Waals surface area contributed by atoms with Crippen molar-refractivity contribution in [2.24, 2.45) is 0 Å². The molecule has 2 N–H and O–H groups in total. The summed E-state index contributed by atoms with van der Waals surface area (Å²) < 4.78 is 0. The molecule has 2 aromatic carbocycles. The first-order chi connectivity index (χ1) is 15.4. The first-order valence-electron chi connectivity index (χ1n) is 9.69. The van der Waals surface area contributed by atoms with Crippen molar-refractivity contribution in [2.75, 3.05) is 0 Å². The fourth-order valence-corrected chi connectivity index (χ4v) is 3.15. The zero-order chi connectivity index (χ0) is 23.1. The number of carboxylic acid groups (broad SMARTS) is 2. The summed E-state index contributed by atoms with van der Waals surface area (Å²) in [5.74, 6) is -2.75. The van der Waals surface area contributed by atoms with Gasteiger partial charge in [-0.15, -0.1) is 23.3 Å². The molecule has 0 radical (unpaired) electrons. The summed E-state index contributed by atoms with van der Waals surface area (Å²) >= 11 is 0. The van der Waals surface area contributed by atoms with Crippen molar-refractivity contribution in [2.45, 2.75) is 12.8 Å². The van der Waals surface area contributed by atoms with Crippen LogP contribution in [0.1, 0.15) is 54.3 Å². The summed E-state index contributed by atoms with van der Waals surface area (Å²) in [4.78, 5) is 45.8. The van der Waals surface area contributed by atoms with Crippen molar-refractivity contribution in [3.8, 4) is 0 Å². The molecular formula is C26H18FeO6. The van der Waals surface area contributed by atoms with Crippen molar-refractivity contribution in [3.05, 3.63) is 118 Å². The minimum Gasteiger partial charge on any atom is -0.478 e. The molecule has 0 aromatic heterocycles. The molecule has 0 bridgehead atoms. The topological polar surface area (TPSA) is 109 Å². The summed E-state index contributed by atoms with van der Waals surface area (Å²) in [7, 11) is 0. The van der Waals surface area contributed by atoms with E-state index in [1.165, 1.54) is 24.3 Å². The third kappa shape index (κ3) is 6.13. The second-order valence-electron chi connectivity index (χ2n) is 6.75. The van der Waals surface area contributed by atoms with Crippen LogP contribution in [-0.4, -0.2) is 33.7 Å². The average Bonchev–Trinajstić information content (AvgIpc) is 3.53. The third-order valence-electron chi connectivity index (χ3n) is 4.68. The van der Waals surface area contributed by atoms with Gasteiger partial charge in [-0.3, -0.25) is 0 Å². The number of ketones is 2. The van der Waals surface area contributed by atoms with Crippen LogP contribution in [0.2, 0.25) is 0 Å². The SMILES string of the molecule is O=C(O)c1ccccc1C(=O)C1=[C-]CC=C1.O=C(O)c1ccccc1C(=O)C1=[C-]CC=C1.[Fe+2]. The number of hydrogen-bond acceptors (Lipinski definition) is 4. The van der Waals surface area contributed by atoms with E-state index in [2.05, 4.69) is 12.2 Å². The van der Waals surface area contributed by atoms with Crippen LogP contribution in [0.3, 0.4) is 0 Å². The molecule has 2 aliphatic carbocycles. The second kappa shape index (κ2) is 11.7. The molecule has 2 aromatic rings. The zero-order valence-electron chi connectivity index (χ0n) is 17.2. The first kappa shape index (κ1) is 25.5. The van der Waals surface area contributed by atoms with Gasteiger partial charge in [0.2, 0.25) is 0 Å². The Kier molecular flexibility index (Phi) is 9.04. The van der Waals surface area contributed by atoms with Crippen molar-refractivity contribution in [3.63, 3.8) is 0 Å². The van der Waals surface area contributed by atoms with Gasteiger partial charge in [-0.25, -0.2) is 9.59 Å². The van der Waals surface area contributed by atoms with Gasteiger partial charge in [0.1, 0.15) is 0 Å². The normalized spacial score (nSPS) is 13.2. The van der Waals surface area contributed by atoms with Crippen LogP contribution in [0.15, 0.2) is 84.0 Å². The monoisotopic (exact) mass is 482 g/mol. The molecule has 0 fully saturated rings. The van der Waals surface area contributed by atoms with Crippen molar-refractivity contribution in [1.82, 2.24) is 0 Å². The van der Waals surface area contributed by atoms with E-state index in [4.69, 9.17) is 10.2 Å². The fourth-order valence-electron chi connectivity index (χ4n) is 3.15. The smallest absolute Gasteiger partial charge is 0.478 e. The van der Waals surface area contributed by atoms with E-state index in [1.807, 2.05) is 12.2 Å². The molecule has 0 heterocycles. The standard InChI is InChI=1S/2C13H9O3.Fe/c2*14-12(9-5-1-2-6-9)10-7-3-4-8-11(10)13(15)16;/h2*1,3-5,7-8H,2H2,(H,15,16);/q2*-1;+2. The predicted molar refractivity (Wildman–Crippen MR) is 116 cm³/mol. The molecule has 0 spiro atoms. The van der Waals surface area contributed by atoms with Gasteiger partial charge in [-0.1, -0.05) is 49.2 Å². The molecule has 33 heavy (non-hydrogen) atoms. The molecule has 7 heteroatoms. The van der Waals surface area contributed by atoms with E-state index in [0.717, 1.165) is 0 Å². The molecule has 0 saturated heterocycles. The largest absolute Gasteiger partial charge is 2.00 e. The Morgan fingerprint density at radius 2 is 0.939 bits per heavy atom. The molecular weight excluding hydrogens is 464 g/mol. The molecule has 0 saturated carbocycles. The maximum Gasteiger partial charge on any atom is 2.00 e. The van der Waals surface area contributed by atoms with Gasteiger partial charge in [-0.2, -0.15) is 24.3 Å². The molecule has 4 rings (SSSR count). The van der Waals surface area contributed by atoms with E-state index in [1.54, 1.807) is 36.4 Å². The van der Waals surface area contributed by atoms with Gasteiger partial charge >= 0.3 is 29.0 Å². The van der Waals surface area contributed by atoms with Crippen LogP contribution in [0.4, 0.5) is 0 Å². The number of benzene rings is 2. The Bertz CT molecular complexity index is 1120. The first-order valence-corrected chi connectivity index (χ1v) is 9.69. The second-order valence-corrected chi connectivity index (χ2v) is 6.75. The van der Waals surface area contributed by atoms with Crippen LogP contribution in [-0.2, 0) is 17.1 Å². The van der Waals surface area contributed by atoms with Gasteiger partial charge in [-0.05, 0) is 23.3 Å². The van der Waals surface area contributed by atoms with Crippen LogP contribution < -0.4 is 0 Å². The van der Waals surface area contributed by atoms with E-state index in [-0.39, 0.29) is 50.9 Å². The maximum absolute atomic E-state index is 12.0. The van der Waals surface area contributed by atoms with Crippen LogP contribution in [0.5, 0.6) is 0 Å². The van der Waals surface area contributed by atoms with Crippen molar-refractivity contribution >= 4 is 23.5 Å². The van der Waals surface area contributed by atoms with E-state index in [9.17, 15) is 19.2 Å². The molecule has 0 unspecified atom stereocenters. The van der Waals surface area contributed by atoms with Gasteiger partial charge in [0.05, 0.1) is 22.7 Å². The Morgan fingerprint density at radius 3 is 1.21 bits per heavy atom. The van der Waals surface area contributed by atoms with E-state index >= 15 is 0 Å². The number of carbonyl (C=O) groups excluding carboxylic acids is 2. The van der Waals surface area contributed by atoms with E-state index < -0.39 is 11.9 Å². The molecule has 6 nitrogen and oxygen atoms in total. The predicted octanol–water partition coefficient (Wildman–Crippen LogP) is 4.51. The maximum atomic E-state index is 12.0. The fraction of sp³-hybridized carbons (Fsp3) is 0.0769. The molecule has 0 amide bonds.